The van der Waals surface area contributed by atoms with Gasteiger partial charge >= 0.3 is 6.18 Å². The van der Waals surface area contributed by atoms with Crippen LogP contribution in [-0.2, 0) is 11.0 Å². The van der Waals surface area contributed by atoms with E-state index in [0.29, 0.717) is 5.56 Å². The summed E-state index contributed by atoms with van der Waals surface area (Å²) in [7, 11) is 0. The lowest BCUT2D eigenvalue weighted by atomic mass is 9.82. The summed E-state index contributed by atoms with van der Waals surface area (Å²) in [6.07, 6.45) is 2.30. The molecule has 1 aliphatic rings. The van der Waals surface area contributed by atoms with E-state index in [4.69, 9.17) is 5.11 Å². The van der Waals surface area contributed by atoms with Crippen LogP contribution in [0, 0.1) is 17.2 Å². The first kappa shape index (κ1) is 24.4. The predicted octanol–water partition coefficient (Wildman–Crippen LogP) is 3.38. The van der Waals surface area contributed by atoms with E-state index in [0.717, 1.165) is 37.9 Å². The van der Waals surface area contributed by atoms with E-state index < -0.39 is 18.3 Å². The summed E-state index contributed by atoms with van der Waals surface area (Å²) in [5.74, 6) is 0.163. The fraction of sp³-hybridized carbons (Fsp3) is 0.435. The number of alkyl halides is 3. The van der Waals surface area contributed by atoms with Crippen LogP contribution in [0.5, 0.6) is 0 Å². The van der Waals surface area contributed by atoms with Crippen molar-refractivity contribution in [2.45, 2.75) is 50.9 Å². The van der Waals surface area contributed by atoms with Crippen LogP contribution in [0.25, 0.3) is 22.3 Å². The van der Waals surface area contributed by atoms with Crippen molar-refractivity contribution in [3.05, 3.63) is 35.8 Å². The van der Waals surface area contributed by atoms with Crippen molar-refractivity contribution >= 4 is 22.9 Å². The molecule has 0 spiro atoms. The number of aromatic nitrogens is 4. The molecule has 0 aliphatic heterocycles. The van der Waals surface area contributed by atoms with Gasteiger partial charge in [0.25, 0.3) is 0 Å². The normalized spacial score (nSPS) is 19.2. The number of amides is 1. The summed E-state index contributed by atoms with van der Waals surface area (Å²) in [5.41, 5.74) is 0.0228. The largest absolute Gasteiger partial charge is 0.417 e. The summed E-state index contributed by atoms with van der Waals surface area (Å²) in [6, 6.07) is 3.00. The number of pyridine rings is 1. The van der Waals surface area contributed by atoms with Crippen molar-refractivity contribution in [2.24, 2.45) is 5.92 Å². The third-order valence-electron chi connectivity index (χ3n) is 6.37. The maximum atomic E-state index is 13.2. The van der Waals surface area contributed by atoms with Gasteiger partial charge in [-0.15, -0.1) is 0 Å². The Morgan fingerprint density at radius 3 is 2.69 bits per heavy atom. The highest BCUT2D eigenvalue weighted by molar-refractivity contribution is 5.94. The van der Waals surface area contributed by atoms with Crippen LogP contribution in [0.4, 0.5) is 19.1 Å². The molecule has 1 amide bonds. The molecule has 3 aromatic heterocycles. The van der Waals surface area contributed by atoms with Crippen molar-refractivity contribution in [3.63, 3.8) is 0 Å². The average Bonchev–Trinajstić information content (AvgIpc) is 3.27. The molecule has 1 saturated carbocycles. The van der Waals surface area contributed by atoms with Crippen LogP contribution < -0.4 is 10.6 Å². The molecular formula is C23H24F3N7O2. The number of hydrogen-bond donors (Lipinski definition) is 4. The Kier molecular flexibility index (Phi) is 6.88. The number of aromatic amines is 1. The molecule has 0 saturated heterocycles. The Bertz CT molecular complexity index is 1260. The minimum atomic E-state index is -4.55. The van der Waals surface area contributed by atoms with Gasteiger partial charge in [0.1, 0.15) is 18.3 Å². The molecule has 184 valence electrons. The molecule has 0 aromatic carbocycles. The minimum Gasteiger partial charge on any atom is -0.387 e. The van der Waals surface area contributed by atoms with Gasteiger partial charge in [-0.25, -0.2) is 15.0 Å². The number of carbonyl (C=O) groups excluding carboxylic acids is 1. The quantitative estimate of drug-likeness (QED) is 0.418. The summed E-state index contributed by atoms with van der Waals surface area (Å²) < 4.78 is 39.7. The molecule has 3 heterocycles. The molecule has 3 aromatic rings. The highest BCUT2D eigenvalue weighted by Gasteiger charge is 2.32. The molecule has 1 aliphatic carbocycles. The Morgan fingerprint density at radius 1 is 1.29 bits per heavy atom. The predicted molar refractivity (Wildman–Crippen MR) is 121 cm³/mol. The van der Waals surface area contributed by atoms with Gasteiger partial charge in [0.2, 0.25) is 11.9 Å². The molecule has 35 heavy (non-hydrogen) atoms. The second-order valence-electron chi connectivity index (χ2n) is 8.66. The van der Waals surface area contributed by atoms with Crippen molar-refractivity contribution in [2.75, 3.05) is 11.9 Å². The van der Waals surface area contributed by atoms with Gasteiger partial charge in [-0.05, 0) is 44.6 Å². The van der Waals surface area contributed by atoms with Gasteiger partial charge in [-0.1, -0.05) is 0 Å². The second kappa shape index (κ2) is 9.87. The number of fused-ring (bicyclic) bond motifs is 1. The van der Waals surface area contributed by atoms with Gasteiger partial charge in [-0.2, -0.15) is 18.4 Å². The van der Waals surface area contributed by atoms with Crippen molar-refractivity contribution < 1.29 is 23.1 Å². The zero-order valence-corrected chi connectivity index (χ0v) is 18.9. The SMILES string of the molecule is C[C@@H](Nc1ncc(C#N)c(-c2c[nH]c3ncc(C(F)(F)F)cc23)n1)C1CCC(NC(=O)CO)CC1. The first-order chi connectivity index (χ1) is 16.7. The Hall–Kier alpha value is -3.72. The van der Waals surface area contributed by atoms with E-state index in [1.54, 1.807) is 0 Å². The topological polar surface area (TPSA) is 140 Å². The number of nitrogens with one attached hydrogen (secondary N) is 3. The number of aliphatic hydroxyl groups is 1. The van der Waals surface area contributed by atoms with Crippen molar-refractivity contribution in [3.8, 4) is 17.3 Å². The highest BCUT2D eigenvalue weighted by atomic mass is 19.4. The van der Waals surface area contributed by atoms with E-state index in [-0.39, 0.29) is 52.1 Å². The van der Waals surface area contributed by atoms with Crippen LogP contribution in [0.3, 0.4) is 0 Å². The van der Waals surface area contributed by atoms with Crippen LogP contribution in [0.1, 0.15) is 43.7 Å². The van der Waals surface area contributed by atoms with Crippen molar-refractivity contribution in [1.82, 2.24) is 25.3 Å². The van der Waals surface area contributed by atoms with E-state index in [2.05, 4.69) is 30.6 Å². The molecular weight excluding hydrogens is 463 g/mol. The number of nitrogens with zero attached hydrogens (tertiary/aromatic N) is 4. The highest BCUT2D eigenvalue weighted by Crippen LogP contribution is 2.35. The Balaban J connectivity index is 1.54. The van der Waals surface area contributed by atoms with Crippen LogP contribution in [0.15, 0.2) is 24.7 Å². The molecule has 9 nitrogen and oxygen atoms in total. The number of rotatable bonds is 6. The molecule has 1 fully saturated rings. The summed E-state index contributed by atoms with van der Waals surface area (Å²) in [4.78, 5) is 26.8. The molecule has 4 N–H and O–H groups in total. The van der Waals surface area contributed by atoms with Crippen LogP contribution >= 0.6 is 0 Å². The fourth-order valence-electron chi connectivity index (χ4n) is 4.45. The number of H-pyrrole nitrogens is 1. The summed E-state index contributed by atoms with van der Waals surface area (Å²) in [6.45, 7) is 1.46. The Labute approximate surface area is 198 Å². The zero-order chi connectivity index (χ0) is 25.2. The number of halogens is 3. The molecule has 1 atom stereocenters. The first-order valence-corrected chi connectivity index (χ1v) is 11.2. The first-order valence-electron chi connectivity index (χ1n) is 11.2. The lowest BCUT2D eigenvalue weighted by Crippen LogP contribution is -2.41. The summed E-state index contributed by atoms with van der Waals surface area (Å²) in [5, 5.41) is 24.7. The van der Waals surface area contributed by atoms with E-state index in [1.165, 1.54) is 12.4 Å². The standard InChI is InChI=1S/C23H24F3N7O2/c1-12(13-2-4-16(5-3-13)32-19(35)11-34)31-22-30-8-14(7-27)20(33-22)18-10-29-21-17(18)6-15(9-28-21)23(24,25)26/h6,8-10,12-13,16,34H,2-5,11H2,1H3,(H,28,29)(H,32,35)(H,30,31,33)/t12-,13?,16?/m1/s1. The number of hydrogen-bond acceptors (Lipinski definition) is 7. The lowest BCUT2D eigenvalue weighted by Gasteiger charge is -2.33. The van der Waals surface area contributed by atoms with Gasteiger partial charge in [0, 0.05) is 35.4 Å². The second-order valence-corrected chi connectivity index (χ2v) is 8.66. The summed E-state index contributed by atoms with van der Waals surface area (Å²) >= 11 is 0. The molecule has 4 rings (SSSR count). The number of carbonyl (C=O) groups is 1. The Morgan fingerprint density at radius 2 is 2.03 bits per heavy atom. The molecule has 0 radical (unpaired) electrons. The molecule has 12 heteroatoms. The van der Waals surface area contributed by atoms with Crippen LogP contribution in [-0.4, -0.2) is 49.6 Å². The maximum absolute atomic E-state index is 13.2. The zero-order valence-electron chi connectivity index (χ0n) is 18.9. The van der Waals surface area contributed by atoms with Gasteiger partial charge in [-0.3, -0.25) is 4.79 Å². The monoisotopic (exact) mass is 487 g/mol. The molecule has 0 unspecified atom stereocenters. The molecule has 0 bridgehead atoms. The fourth-order valence-corrected chi connectivity index (χ4v) is 4.45. The van der Waals surface area contributed by atoms with E-state index in [1.807, 2.05) is 13.0 Å². The van der Waals surface area contributed by atoms with Gasteiger partial charge in [0.05, 0.1) is 23.0 Å². The van der Waals surface area contributed by atoms with Gasteiger partial charge in [0.15, 0.2) is 0 Å². The number of aliphatic hydroxyl groups excluding tert-OH is 1. The lowest BCUT2D eigenvalue weighted by molar-refractivity contribution is -0.137. The van der Waals surface area contributed by atoms with Gasteiger partial charge < -0.3 is 20.7 Å². The third kappa shape index (κ3) is 5.35. The van der Waals surface area contributed by atoms with E-state index in [9.17, 15) is 23.2 Å². The van der Waals surface area contributed by atoms with Crippen LogP contribution in [0.2, 0.25) is 0 Å². The number of anilines is 1. The average molecular weight is 487 g/mol. The number of nitriles is 1. The third-order valence-corrected chi connectivity index (χ3v) is 6.37. The maximum Gasteiger partial charge on any atom is 0.417 e. The minimum absolute atomic E-state index is 0.0215. The van der Waals surface area contributed by atoms with Crippen molar-refractivity contribution in [1.29, 1.82) is 5.26 Å². The van der Waals surface area contributed by atoms with E-state index >= 15 is 0 Å². The smallest absolute Gasteiger partial charge is 0.387 e.